The van der Waals surface area contributed by atoms with Crippen molar-refractivity contribution in [3.05, 3.63) is 11.6 Å². The second-order valence-electron chi connectivity index (χ2n) is 2.68. The van der Waals surface area contributed by atoms with Gasteiger partial charge < -0.3 is 5.11 Å². The van der Waals surface area contributed by atoms with E-state index in [-0.39, 0.29) is 6.10 Å². The third kappa shape index (κ3) is 4.57. The summed E-state index contributed by atoms with van der Waals surface area (Å²) < 4.78 is 0. The van der Waals surface area contributed by atoms with Crippen molar-refractivity contribution in [2.75, 3.05) is 0 Å². The predicted molar refractivity (Wildman–Crippen MR) is 45.0 cm³/mol. The van der Waals surface area contributed by atoms with Crippen LogP contribution in [-0.4, -0.2) is 11.2 Å². The van der Waals surface area contributed by atoms with Crippen LogP contribution >= 0.6 is 0 Å². The molecule has 0 aromatic heterocycles. The second-order valence-corrected chi connectivity index (χ2v) is 2.68. The monoisotopic (exact) mass is 142 g/mol. The molecule has 0 heterocycles. The first kappa shape index (κ1) is 9.70. The van der Waals surface area contributed by atoms with E-state index in [0.717, 1.165) is 19.3 Å². The van der Waals surface area contributed by atoms with Crippen molar-refractivity contribution in [1.82, 2.24) is 0 Å². The van der Waals surface area contributed by atoms with Gasteiger partial charge in [0.15, 0.2) is 0 Å². The highest BCUT2D eigenvalue weighted by Crippen LogP contribution is 2.09. The minimum absolute atomic E-state index is 0.183. The molecule has 0 aliphatic heterocycles. The van der Waals surface area contributed by atoms with Crippen molar-refractivity contribution in [3.8, 4) is 0 Å². The van der Waals surface area contributed by atoms with Gasteiger partial charge in [-0.2, -0.15) is 0 Å². The van der Waals surface area contributed by atoms with Crippen LogP contribution in [0.15, 0.2) is 11.6 Å². The average molecular weight is 142 g/mol. The molecular weight excluding hydrogens is 124 g/mol. The fraction of sp³-hybridized carbons (Fsp3) is 0.778. The van der Waals surface area contributed by atoms with Gasteiger partial charge in [-0.15, -0.1) is 0 Å². The molecule has 0 saturated carbocycles. The zero-order chi connectivity index (χ0) is 7.98. The standard InChI is InChI=1S/C9H18O/c1-4-6-9(5-2)7-8(3)10/h6,8,10H,4-5,7H2,1-3H3. The van der Waals surface area contributed by atoms with Crippen molar-refractivity contribution < 1.29 is 5.11 Å². The van der Waals surface area contributed by atoms with E-state index in [1.165, 1.54) is 5.57 Å². The predicted octanol–water partition coefficient (Wildman–Crippen LogP) is 2.50. The lowest BCUT2D eigenvalue weighted by Gasteiger charge is -2.05. The molecule has 0 aromatic rings. The number of hydrogen-bond acceptors (Lipinski definition) is 1. The van der Waals surface area contributed by atoms with E-state index in [1.807, 2.05) is 6.92 Å². The lowest BCUT2D eigenvalue weighted by molar-refractivity contribution is 0.194. The molecule has 0 amide bonds. The summed E-state index contributed by atoms with van der Waals surface area (Å²) in [7, 11) is 0. The van der Waals surface area contributed by atoms with E-state index in [2.05, 4.69) is 19.9 Å². The Bertz CT molecular complexity index is 103. The van der Waals surface area contributed by atoms with Crippen LogP contribution < -0.4 is 0 Å². The lowest BCUT2D eigenvalue weighted by Crippen LogP contribution is -2.00. The summed E-state index contributed by atoms with van der Waals surface area (Å²) in [6.07, 6.45) is 5.00. The molecule has 0 aliphatic carbocycles. The Morgan fingerprint density at radius 3 is 2.40 bits per heavy atom. The van der Waals surface area contributed by atoms with E-state index in [0.29, 0.717) is 0 Å². The summed E-state index contributed by atoms with van der Waals surface area (Å²) in [5, 5.41) is 9.04. The smallest absolute Gasteiger partial charge is 0.0549 e. The molecule has 0 spiro atoms. The second kappa shape index (κ2) is 5.48. The van der Waals surface area contributed by atoms with Gasteiger partial charge in [0, 0.05) is 0 Å². The zero-order valence-electron chi connectivity index (χ0n) is 7.22. The maximum Gasteiger partial charge on any atom is 0.0549 e. The first-order valence-corrected chi connectivity index (χ1v) is 4.06. The average Bonchev–Trinajstić information content (AvgIpc) is 1.86. The number of allylic oxidation sites excluding steroid dienone is 1. The molecule has 1 nitrogen and oxygen atoms in total. The fourth-order valence-electron chi connectivity index (χ4n) is 1.04. The van der Waals surface area contributed by atoms with Crippen LogP contribution in [0.3, 0.4) is 0 Å². The fourth-order valence-corrected chi connectivity index (χ4v) is 1.04. The van der Waals surface area contributed by atoms with Crippen LogP contribution in [0.1, 0.15) is 40.0 Å². The Hall–Kier alpha value is -0.300. The first-order chi connectivity index (χ1) is 4.70. The van der Waals surface area contributed by atoms with Gasteiger partial charge in [-0.1, -0.05) is 25.5 Å². The number of aliphatic hydroxyl groups is 1. The number of hydrogen-bond donors (Lipinski definition) is 1. The zero-order valence-corrected chi connectivity index (χ0v) is 7.22. The highest BCUT2D eigenvalue weighted by molar-refractivity contribution is 5.01. The van der Waals surface area contributed by atoms with Gasteiger partial charge in [-0.25, -0.2) is 0 Å². The molecule has 1 atom stereocenters. The molecule has 1 unspecified atom stereocenters. The molecule has 0 aliphatic rings. The van der Waals surface area contributed by atoms with Crippen LogP contribution in [-0.2, 0) is 0 Å². The summed E-state index contributed by atoms with van der Waals surface area (Å²) in [5.74, 6) is 0. The van der Waals surface area contributed by atoms with Gasteiger partial charge in [-0.05, 0) is 26.2 Å². The van der Waals surface area contributed by atoms with E-state index in [4.69, 9.17) is 5.11 Å². The lowest BCUT2D eigenvalue weighted by atomic mass is 10.1. The molecule has 1 heteroatoms. The van der Waals surface area contributed by atoms with Crippen molar-refractivity contribution in [2.45, 2.75) is 46.1 Å². The van der Waals surface area contributed by atoms with Crippen molar-refractivity contribution >= 4 is 0 Å². The van der Waals surface area contributed by atoms with Gasteiger partial charge >= 0.3 is 0 Å². The molecular formula is C9H18O. The molecule has 0 rings (SSSR count). The van der Waals surface area contributed by atoms with E-state index in [9.17, 15) is 0 Å². The molecule has 10 heavy (non-hydrogen) atoms. The minimum Gasteiger partial charge on any atom is -0.393 e. The summed E-state index contributed by atoms with van der Waals surface area (Å²) in [6.45, 7) is 6.08. The van der Waals surface area contributed by atoms with E-state index >= 15 is 0 Å². The van der Waals surface area contributed by atoms with E-state index < -0.39 is 0 Å². The van der Waals surface area contributed by atoms with Crippen LogP contribution in [0, 0.1) is 0 Å². The first-order valence-electron chi connectivity index (χ1n) is 4.06. The Morgan fingerprint density at radius 1 is 1.50 bits per heavy atom. The van der Waals surface area contributed by atoms with Gasteiger partial charge in [0.25, 0.3) is 0 Å². The maximum atomic E-state index is 9.04. The van der Waals surface area contributed by atoms with Crippen molar-refractivity contribution in [3.63, 3.8) is 0 Å². The normalized spacial score (nSPS) is 15.4. The van der Waals surface area contributed by atoms with E-state index in [1.54, 1.807) is 0 Å². The largest absolute Gasteiger partial charge is 0.393 e. The topological polar surface area (TPSA) is 20.2 Å². The quantitative estimate of drug-likeness (QED) is 0.598. The molecule has 0 radical (unpaired) electrons. The van der Waals surface area contributed by atoms with Crippen molar-refractivity contribution in [2.24, 2.45) is 0 Å². The Morgan fingerprint density at radius 2 is 2.10 bits per heavy atom. The van der Waals surface area contributed by atoms with Gasteiger partial charge in [0.2, 0.25) is 0 Å². The molecule has 0 aromatic carbocycles. The van der Waals surface area contributed by atoms with Crippen LogP contribution in [0.25, 0.3) is 0 Å². The summed E-state index contributed by atoms with van der Waals surface area (Å²) >= 11 is 0. The van der Waals surface area contributed by atoms with Crippen LogP contribution in [0.5, 0.6) is 0 Å². The number of rotatable bonds is 4. The summed E-state index contributed by atoms with van der Waals surface area (Å²) in [4.78, 5) is 0. The van der Waals surface area contributed by atoms with Crippen LogP contribution in [0.4, 0.5) is 0 Å². The SMILES string of the molecule is CCC=C(CC)CC(C)O. The van der Waals surface area contributed by atoms with Gasteiger partial charge in [0.1, 0.15) is 0 Å². The Balaban J connectivity index is 3.71. The highest BCUT2D eigenvalue weighted by Gasteiger charge is 1.98. The maximum absolute atomic E-state index is 9.04. The Labute approximate surface area is 63.8 Å². The summed E-state index contributed by atoms with van der Waals surface area (Å²) in [5.41, 5.74) is 1.37. The molecule has 0 fully saturated rings. The molecule has 0 saturated heterocycles. The molecule has 0 bridgehead atoms. The van der Waals surface area contributed by atoms with Crippen LogP contribution in [0.2, 0.25) is 0 Å². The highest BCUT2D eigenvalue weighted by atomic mass is 16.3. The summed E-state index contributed by atoms with van der Waals surface area (Å²) in [6, 6.07) is 0. The van der Waals surface area contributed by atoms with Crippen molar-refractivity contribution in [1.29, 1.82) is 0 Å². The number of aliphatic hydroxyl groups excluding tert-OH is 1. The van der Waals surface area contributed by atoms with Gasteiger partial charge in [-0.3, -0.25) is 0 Å². The third-order valence-corrected chi connectivity index (χ3v) is 1.50. The minimum atomic E-state index is -0.183. The molecule has 1 N–H and O–H groups in total. The molecule has 60 valence electrons. The third-order valence-electron chi connectivity index (χ3n) is 1.50. The van der Waals surface area contributed by atoms with Gasteiger partial charge in [0.05, 0.1) is 6.10 Å². The Kier molecular flexibility index (Phi) is 5.32.